The SMILES string of the molecule is O=C(N[C@@H](Cc1cccc(O)c1F)C(=O)O)OCC1c2ccccc2-c2ccccc21. The molecule has 0 bridgehead atoms. The van der Waals surface area contributed by atoms with Crippen molar-refractivity contribution >= 4 is 12.1 Å². The van der Waals surface area contributed by atoms with Crippen molar-refractivity contribution in [1.29, 1.82) is 0 Å². The molecule has 1 amide bonds. The molecule has 0 aromatic heterocycles. The van der Waals surface area contributed by atoms with Gasteiger partial charge in [0.15, 0.2) is 11.6 Å². The van der Waals surface area contributed by atoms with Crippen LogP contribution in [0.5, 0.6) is 5.75 Å². The molecule has 4 rings (SSSR count). The lowest BCUT2D eigenvalue weighted by atomic mass is 9.98. The summed E-state index contributed by atoms with van der Waals surface area (Å²) in [6.45, 7) is 0.0344. The Morgan fingerprint density at radius 2 is 1.58 bits per heavy atom. The number of aliphatic carboxylic acids is 1. The van der Waals surface area contributed by atoms with Gasteiger partial charge in [-0.15, -0.1) is 0 Å². The Hall–Kier alpha value is -3.87. The molecule has 0 aliphatic heterocycles. The first-order valence-electron chi connectivity index (χ1n) is 9.76. The third-order valence-electron chi connectivity index (χ3n) is 5.42. The van der Waals surface area contributed by atoms with E-state index in [-0.39, 0.29) is 24.5 Å². The molecule has 0 saturated carbocycles. The summed E-state index contributed by atoms with van der Waals surface area (Å²) in [5.74, 6) is -2.99. The number of rotatable bonds is 6. The summed E-state index contributed by atoms with van der Waals surface area (Å²) in [5, 5.41) is 21.2. The predicted octanol–water partition coefficient (Wildman–Crippen LogP) is 4.07. The molecular formula is C24H20FNO5. The lowest BCUT2D eigenvalue weighted by Crippen LogP contribution is -2.43. The fourth-order valence-corrected chi connectivity index (χ4v) is 3.93. The van der Waals surface area contributed by atoms with Crippen LogP contribution >= 0.6 is 0 Å². The molecule has 3 aromatic rings. The van der Waals surface area contributed by atoms with E-state index >= 15 is 0 Å². The Morgan fingerprint density at radius 1 is 0.968 bits per heavy atom. The van der Waals surface area contributed by atoms with E-state index in [9.17, 15) is 24.2 Å². The highest BCUT2D eigenvalue weighted by Gasteiger charge is 2.30. The molecule has 0 fully saturated rings. The van der Waals surface area contributed by atoms with Crippen LogP contribution in [0.1, 0.15) is 22.6 Å². The second-order valence-electron chi connectivity index (χ2n) is 7.32. The lowest BCUT2D eigenvalue weighted by Gasteiger charge is -2.18. The maximum Gasteiger partial charge on any atom is 0.407 e. The van der Waals surface area contributed by atoms with Crippen LogP contribution in [-0.2, 0) is 16.0 Å². The smallest absolute Gasteiger partial charge is 0.407 e. The normalized spacial score (nSPS) is 13.2. The van der Waals surface area contributed by atoms with Crippen molar-refractivity contribution in [2.24, 2.45) is 0 Å². The van der Waals surface area contributed by atoms with Gasteiger partial charge in [0.1, 0.15) is 12.6 Å². The molecular weight excluding hydrogens is 401 g/mol. The summed E-state index contributed by atoms with van der Waals surface area (Å²) >= 11 is 0. The summed E-state index contributed by atoms with van der Waals surface area (Å²) < 4.78 is 19.4. The largest absolute Gasteiger partial charge is 0.505 e. The number of nitrogens with one attached hydrogen (secondary N) is 1. The number of hydrogen-bond donors (Lipinski definition) is 3. The molecule has 31 heavy (non-hydrogen) atoms. The lowest BCUT2D eigenvalue weighted by molar-refractivity contribution is -0.139. The van der Waals surface area contributed by atoms with E-state index < -0.39 is 29.7 Å². The minimum absolute atomic E-state index is 0.0219. The van der Waals surface area contributed by atoms with E-state index in [0.717, 1.165) is 28.3 Å². The van der Waals surface area contributed by atoms with Crippen LogP contribution < -0.4 is 5.32 Å². The summed E-state index contributed by atoms with van der Waals surface area (Å²) in [6, 6.07) is 18.2. The highest BCUT2D eigenvalue weighted by atomic mass is 19.1. The molecule has 0 heterocycles. The Morgan fingerprint density at radius 3 is 2.19 bits per heavy atom. The molecule has 0 radical (unpaired) electrons. The van der Waals surface area contributed by atoms with Crippen LogP contribution in [-0.4, -0.2) is 34.9 Å². The van der Waals surface area contributed by atoms with E-state index in [0.29, 0.717) is 0 Å². The first-order valence-corrected chi connectivity index (χ1v) is 9.76. The molecule has 3 N–H and O–H groups in total. The zero-order valence-electron chi connectivity index (χ0n) is 16.4. The average Bonchev–Trinajstić information content (AvgIpc) is 3.08. The van der Waals surface area contributed by atoms with Crippen LogP contribution in [0.25, 0.3) is 11.1 Å². The van der Waals surface area contributed by atoms with Crippen molar-refractivity contribution in [2.45, 2.75) is 18.4 Å². The third-order valence-corrected chi connectivity index (χ3v) is 5.42. The van der Waals surface area contributed by atoms with Gasteiger partial charge in [-0.2, -0.15) is 0 Å². The highest BCUT2D eigenvalue weighted by Crippen LogP contribution is 2.44. The number of phenols is 1. The topological polar surface area (TPSA) is 95.9 Å². The molecule has 3 aromatic carbocycles. The van der Waals surface area contributed by atoms with Gasteiger partial charge in [0.25, 0.3) is 0 Å². The number of amides is 1. The van der Waals surface area contributed by atoms with Gasteiger partial charge in [-0.05, 0) is 33.9 Å². The number of fused-ring (bicyclic) bond motifs is 3. The van der Waals surface area contributed by atoms with E-state index in [1.54, 1.807) is 0 Å². The Bertz CT molecular complexity index is 1100. The van der Waals surface area contributed by atoms with Gasteiger partial charge in [-0.1, -0.05) is 60.7 Å². The van der Waals surface area contributed by atoms with E-state index in [4.69, 9.17) is 4.74 Å². The number of phenolic OH excluding ortho intramolecular Hbond substituents is 1. The van der Waals surface area contributed by atoms with Crippen molar-refractivity contribution in [1.82, 2.24) is 5.32 Å². The minimum Gasteiger partial charge on any atom is -0.505 e. The summed E-state index contributed by atoms with van der Waals surface area (Å²) in [7, 11) is 0. The Kier molecular flexibility index (Phi) is 5.58. The van der Waals surface area contributed by atoms with Crippen molar-refractivity contribution in [3.63, 3.8) is 0 Å². The molecule has 1 aliphatic rings. The Balaban J connectivity index is 1.45. The second kappa shape index (κ2) is 8.47. The fourth-order valence-electron chi connectivity index (χ4n) is 3.93. The van der Waals surface area contributed by atoms with Gasteiger partial charge in [0.05, 0.1) is 0 Å². The standard InChI is InChI=1S/C24H20FNO5/c25-22-14(6-5-11-21(22)27)12-20(23(28)29)26-24(30)31-13-19-17-9-3-1-7-15(17)16-8-2-4-10-18(16)19/h1-11,19-20,27H,12-13H2,(H,26,30)(H,28,29)/t20-/m0/s1. The molecule has 0 spiro atoms. The number of carboxylic acids is 1. The monoisotopic (exact) mass is 421 g/mol. The number of alkyl carbamates (subject to hydrolysis) is 1. The van der Waals surface area contributed by atoms with Crippen molar-refractivity contribution in [2.75, 3.05) is 6.61 Å². The van der Waals surface area contributed by atoms with Crippen LogP contribution in [0, 0.1) is 5.82 Å². The first-order chi connectivity index (χ1) is 15.0. The van der Waals surface area contributed by atoms with Crippen LogP contribution in [0.15, 0.2) is 66.7 Å². The van der Waals surface area contributed by atoms with Gasteiger partial charge < -0.3 is 20.3 Å². The number of halogens is 1. The maximum absolute atomic E-state index is 14.0. The first kappa shape index (κ1) is 20.4. The average molecular weight is 421 g/mol. The van der Waals surface area contributed by atoms with Gasteiger partial charge in [-0.25, -0.2) is 14.0 Å². The number of benzene rings is 3. The van der Waals surface area contributed by atoms with E-state index in [1.807, 2.05) is 48.5 Å². The predicted molar refractivity (Wildman–Crippen MR) is 111 cm³/mol. The number of carbonyl (C=O) groups is 2. The number of ether oxygens (including phenoxy) is 1. The maximum atomic E-state index is 14.0. The van der Waals surface area contributed by atoms with Crippen molar-refractivity contribution < 1.29 is 28.9 Å². The van der Waals surface area contributed by atoms with Crippen LogP contribution in [0.2, 0.25) is 0 Å². The minimum atomic E-state index is -1.41. The molecule has 1 aliphatic carbocycles. The number of hydrogen-bond acceptors (Lipinski definition) is 4. The molecule has 0 unspecified atom stereocenters. The summed E-state index contributed by atoms with van der Waals surface area (Å²) in [4.78, 5) is 23.9. The highest BCUT2D eigenvalue weighted by molar-refractivity contribution is 5.81. The molecule has 7 heteroatoms. The zero-order chi connectivity index (χ0) is 22.0. The zero-order valence-corrected chi connectivity index (χ0v) is 16.4. The Labute approximate surface area is 177 Å². The van der Waals surface area contributed by atoms with E-state index in [2.05, 4.69) is 5.32 Å². The van der Waals surface area contributed by atoms with Crippen molar-refractivity contribution in [3.8, 4) is 16.9 Å². The van der Waals surface area contributed by atoms with Crippen molar-refractivity contribution in [3.05, 3.63) is 89.2 Å². The number of carboxylic acid groups (broad SMARTS) is 1. The van der Waals surface area contributed by atoms with Gasteiger partial charge in [0, 0.05) is 12.3 Å². The third kappa shape index (κ3) is 4.07. The fraction of sp³-hybridized carbons (Fsp3) is 0.167. The molecule has 0 saturated heterocycles. The van der Waals surface area contributed by atoms with Gasteiger partial charge in [0.2, 0.25) is 0 Å². The summed E-state index contributed by atoms with van der Waals surface area (Å²) in [6.07, 6.45) is -1.24. The number of aromatic hydroxyl groups is 1. The molecule has 6 nitrogen and oxygen atoms in total. The second-order valence-corrected chi connectivity index (χ2v) is 7.32. The molecule has 1 atom stereocenters. The number of carbonyl (C=O) groups excluding carboxylic acids is 1. The quantitative estimate of drug-likeness (QED) is 0.558. The van der Waals surface area contributed by atoms with Gasteiger partial charge in [-0.3, -0.25) is 0 Å². The van der Waals surface area contributed by atoms with Gasteiger partial charge >= 0.3 is 12.1 Å². The summed E-state index contributed by atoms with van der Waals surface area (Å²) in [5.41, 5.74) is 4.21. The van der Waals surface area contributed by atoms with Crippen LogP contribution in [0.3, 0.4) is 0 Å². The molecule has 158 valence electrons. The van der Waals surface area contributed by atoms with E-state index in [1.165, 1.54) is 12.1 Å². The van der Waals surface area contributed by atoms with Crippen LogP contribution in [0.4, 0.5) is 9.18 Å².